The minimum absolute atomic E-state index is 0.143. The van der Waals surface area contributed by atoms with Gasteiger partial charge in [0.25, 0.3) is 0 Å². The van der Waals surface area contributed by atoms with Crippen LogP contribution in [0.25, 0.3) is 0 Å². The van der Waals surface area contributed by atoms with Gasteiger partial charge in [0.2, 0.25) is 6.41 Å². The molecule has 0 saturated carbocycles. The summed E-state index contributed by atoms with van der Waals surface area (Å²) in [4.78, 5) is 16.0. The average molecular weight is 354 g/mol. The molecule has 0 bridgehead atoms. The molecule has 0 aromatic heterocycles. The van der Waals surface area contributed by atoms with Gasteiger partial charge in [-0.25, -0.2) is 0 Å². The second-order valence-electron chi connectivity index (χ2n) is 7.79. The molecule has 1 amide bonds. The van der Waals surface area contributed by atoms with Crippen LogP contribution >= 0.6 is 0 Å². The Balaban J connectivity index is 1.92. The number of rotatable bonds is 8. The molecule has 0 N–H and O–H groups in total. The molecule has 140 valence electrons. The van der Waals surface area contributed by atoms with Crippen LogP contribution < -0.4 is 4.90 Å². The number of carbonyl (C=O) groups excluding carboxylic acids is 1. The normalized spacial score (nSPS) is 17.9. The molecule has 1 aromatic rings. The molecule has 4 heteroatoms. The lowest BCUT2D eigenvalue weighted by Gasteiger charge is -2.38. The molecule has 0 aliphatic carbocycles. The Hall–Kier alpha value is -2.28. The first kappa shape index (κ1) is 20.0. The summed E-state index contributed by atoms with van der Waals surface area (Å²) in [5.74, 6) is 0.597. The maximum absolute atomic E-state index is 11.6. The molecule has 1 fully saturated rings. The summed E-state index contributed by atoms with van der Waals surface area (Å²) in [6, 6.07) is 10.0. The largest absolute Gasteiger partial charge is 0.371 e. The van der Waals surface area contributed by atoms with E-state index < -0.39 is 0 Å². The molecular weight excluding hydrogens is 322 g/mol. The zero-order valence-corrected chi connectivity index (χ0v) is 16.3. The Labute approximate surface area is 158 Å². The van der Waals surface area contributed by atoms with E-state index in [-0.39, 0.29) is 5.54 Å². The number of allylic oxidation sites excluding steroid dienone is 1. The minimum atomic E-state index is -0.143. The molecule has 1 aliphatic heterocycles. The highest BCUT2D eigenvalue weighted by atomic mass is 16.1. The average Bonchev–Trinajstić information content (AvgIpc) is 2.67. The van der Waals surface area contributed by atoms with Gasteiger partial charge in [0.1, 0.15) is 0 Å². The Morgan fingerprint density at radius 2 is 2.08 bits per heavy atom. The predicted octanol–water partition coefficient (Wildman–Crippen LogP) is 4.37. The van der Waals surface area contributed by atoms with Crippen molar-refractivity contribution in [2.75, 3.05) is 24.5 Å². The molecule has 26 heavy (non-hydrogen) atoms. The molecule has 1 heterocycles. The fraction of sp³-hybridized carbons (Fsp3) is 0.545. The lowest BCUT2D eigenvalue weighted by atomic mass is 9.92. The maximum Gasteiger partial charge on any atom is 0.210 e. The number of benzene rings is 1. The van der Waals surface area contributed by atoms with Crippen LogP contribution in [0, 0.1) is 17.2 Å². The molecule has 1 atom stereocenters. The van der Waals surface area contributed by atoms with Crippen molar-refractivity contribution >= 4 is 12.1 Å². The van der Waals surface area contributed by atoms with Crippen molar-refractivity contribution in [1.82, 2.24) is 4.90 Å². The van der Waals surface area contributed by atoms with Crippen molar-refractivity contribution < 1.29 is 4.79 Å². The SMILES string of the molecule is C/C=C\CC(C)(C)N(C=O)CCC1CCCN(c2ccc(C#N)cc2)C1. The standard InChI is InChI=1S/C22H31N3O/c1-4-5-13-22(2,3)25(18-26)15-12-20-7-6-14-24(17-20)21-10-8-19(16-23)9-11-21/h4-5,8-11,18,20H,6-7,12-15,17H2,1-3H3/b5-4-. The number of carbonyl (C=O) groups is 1. The van der Waals surface area contributed by atoms with Gasteiger partial charge in [-0.2, -0.15) is 5.26 Å². The van der Waals surface area contributed by atoms with Gasteiger partial charge in [0.05, 0.1) is 11.6 Å². The van der Waals surface area contributed by atoms with Gasteiger partial charge in [-0.3, -0.25) is 4.79 Å². The number of hydrogen-bond acceptors (Lipinski definition) is 3. The van der Waals surface area contributed by atoms with Crippen molar-refractivity contribution in [2.24, 2.45) is 5.92 Å². The molecule has 4 nitrogen and oxygen atoms in total. The van der Waals surface area contributed by atoms with E-state index in [0.29, 0.717) is 11.5 Å². The summed E-state index contributed by atoms with van der Waals surface area (Å²) in [5.41, 5.74) is 1.75. The Kier molecular flexibility index (Phi) is 7.26. The predicted molar refractivity (Wildman–Crippen MR) is 107 cm³/mol. The van der Waals surface area contributed by atoms with E-state index in [1.807, 2.05) is 42.2 Å². The quantitative estimate of drug-likeness (QED) is 0.515. The van der Waals surface area contributed by atoms with Crippen LogP contribution in [-0.4, -0.2) is 36.5 Å². The third-order valence-electron chi connectivity index (χ3n) is 5.42. The molecule has 1 saturated heterocycles. The van der Waals surface area contributed by atoms with Gasteiger partial charge >= 0.3 is 0 Å². The Morgan fingerprint density at radius 3 is 2.69 bits per heavy atom. The first-order valence-electron chi connectivity index (χ1n) is 9.58. The van der Waals surface area contributed by atoms with Crippen LogP contribution in [0.1, 0.15) is 52.0 Å². The zero-order valence-electron chi connectivity index (χ0n) is 16.3. The summed E-state index contributed by atoms with van der Waals surface area (Å²) >= 11 is 0. The number of hydrogen-bond donors (Lipinski definition) is 0. The van der Waals surface area contributed by atoms with Crippen molar-refractivity contribution in [1.29, 1.82) is 5.26 Å². The van der Waals surface area contributed by atoms with Gasteiger partial charge in [0.15, 0.2) is 0 Å². The summed E-state index contributed by atoms with van der Waals surface area (Å²) in [6.07, 6.45) is 9.48. The van der Waals surface area contributed by atoms with Crippen LogP contribution in [0.15, 0.2) is 36.4 Å². The number of nitriles is 1. The summed E-state index contributed by atoms with van der Waals surface area (Å²) < 4.78 is 0. The summed E-state index contributed by atoms with van der Waals surface area (Å²) in [7, 11) is 0. The van der Waals surface area contributed by atoms with Crippen LogP contribution in [0.2, 0.25) is 0 Å². The van der Waals surface area contributed by atoms with Gasteiger partial charge in [-0.15, -0.1) is 0 Å². The highest BCUT2D eigenvalue weighted by Gasteiger charge is 2.26. The highest BCUT2D eigenvalue weighted by Crippen LogP contribution is 2.27. The zero-order chi connectivity index (χ0) is 19.0. The van der Waals surface area contributed by atoms with E-state index in [0.717, 1.165) is 38.9 Å². The van der Waals surface area contributed by atoms with Gasteiger partial charge in [0, 0.05) is 30.9 Å². The molecule has 0 radical (unpaired) electrons. The Morgan fingerprint density at radius 1 is 1.35 bits per heavy atom. The molecular formula is C22H31N3O. The molecule has 2 rings (SSSR count). The first-order chi connectivity index (χ1) is 12.5. The first-order valence-corrected chi connectivity index (χ1v) is 9.58. The lowest BCUT2D eigenvalue weighted by molar-refractivity contribution is -0.123. The monoisotopic (exact) mass is 353 g/mol. The third kappa shape index (κ3) is 5.36. The number of anilines is 1. The van der Waals surface area contributed by atoms with Gasteiger partial charge < -0.3 is 9.80 Å². The maximum atomic E-state index is 11.6. The molecule has 0 spiro atoms. The highest BCUT2D eigenvalue weighted by molar-refractivity contribution is 5.50. The lowest BCUT2D eigenvalue weighted by Crippen LogP contribution is -2.44. The second-order valence-corrected chi connectivity index (χ2v) is 7.79. The topological polar surface area (TPSA) is 47.3 Å². The number of amides is 1. The van der Waals surface area contributed by atoms with Crippen molar-refractivity contribution in [3.63, 3.8) is 0 Å². The number of nitrogens with zero attached hydrogens (tertiary/aromatic N) is 3. The summed E-state index contributed by atoms with van der Waals surface area (Å²) in [5, 5.41) is 8.94. The van der Waals surface area contributed by atoms with Gasteiger partial charge in [-0.1, -0.05) is 12.2 Å². The van der Waals surface area contributed by atoms with Crippen LogP contribution in [0.4, 0.5) is 5.69 Å². The molecule has 1 unspecified atom stereocenters. The van der Waals surface area contributed by atoms with E-state index >= 15 is 0 Å². The van der Waals surface area contributed by atoms with Crippen LogP contribution in [0.3, 0.4) is 0 Å². The fourth-order valence-corrected chi connectivity index (χ4v) is 3.63. The van der Waals surface area contributed by atoms with Crippen LogP contribution in [0.5, 0.6) is 0 Å². The van der Waals surface area contributed by atoms with Gasteiger partial charge in [-0.05, 0) is 76.6 Å². The van der Waals surface area contributed by atoms with E-state index in [9.17, 15) is 4.79 Å². The van der Waals surface area contributed by atoms with E-state index in [1.165, 1.54) is 18.5 Å². The minimum Gasteiger partial charge on any atom is -0.371 e. The fourth-order valence-electron chi connectivity index (χ4n) is 3.63. The van der Waals surface area contributed by atoms with Crippen LogP contribution in [-0.2, 0) is 4.79 Å². The van der Waals surface area contributed by atoms with E-state index in [2.05, 4.69) is 30.9 Å². The molecule has 1 aromatic carbocycles. The summed E-state index contributed by atoms with van der Waals surface area (Å²) in [6.45, 7) is 9.16. The second kappa shape index (κ2) is 9.43. The number of piperidine rings is 1. The smallest absolute Gasteiger partial charge is 0.210 e. The van der Waals surface area contributed by atoms with Crippen molar-refractivity contribution in [3.8, 4) is 6.07 Å². The Bertz CT molecular complexity index is 642. The third-order valence-corrected chi connectivity index (χ3v) is 5.42. The van der Waals surface area contributed by atoms with E-state index in [1.54, 1.807) is 0 Å². The van der Waals surface area contributed by atoms with Crippen molar-refractivity contribution in [2.45, 2.75) is 52.0 Å². The van der Waals surface area contributed by atoms with Crippen molar-refractivity contribution in [3.05, 3.63) is 42.0 Å². The van der Waals surface area contributed by atoms with E-state index in [4.69, 9.17) is 5.26 Å². The molecule has 1 aliphatic rings.